The van der Waals surface area contributed by atoms with Gasteiger partial charge in [0.15, 0.2) is 0 Å². The third-order valence-electron chi connectivity index (χ3n) is 10.3. The standard InChI is InChI=1S/2C10H14F3NO2.2C9H12F3NO2/c2*1-5-3-6(7(14)4-5)8(9(15)16-2)10(11,12)13;2*1-4-2-5(6(13)3-4)7(8(14)15)9(10,11)12/h2*5,7H,3-4,14H2,1-2H3;2*4,6H,2-3,13H2,1H3,(H,14,15)/b8-6+;8-6-;7-5+;7-5-/t2*5-,7-;2*4-,6-/m0000/s1. The maximum absolute atomic E-state index is 12.7. The van der Waals surface area contributed by atoms with Gasteiger partial charge >= 0.3 is 48.6 Å². The van der Waals surface area contributed by atoms with Crippen molar-refractivity contribution >= 4 is 23.9 Å². The summed E-state index contributed by atoms with van der Waals surface area (Å²) in [4.78, 5) is 43.4. The van der Waals surface area contributed by atoms with Crippen molar-refractivity contribution < 1.29 is 91.5 Å². The molecule has 0 bridgehead atoms. The quantitative estimate of drug-likeness (QED) is 0.0959. The van der Waals surface area contributed by atoms with Gasteiger partial charge in [-0.2, -0.15) is 52.7 Å². The Labute approximate surface area is 348 Å². The second-order valence-electron chi connectivity index (χ2n) is 15.8. The van der Waals surface area contributed by atoms with Crippen LogP contribution >= 0.6 is 0 Å². The predicted octanol–water partition coefficient (Wildman–Crippen LogP) is 6.93. The van der Waals surface area contributed by atoms with Gasteiger partial charge in [-0.05, 0) is 97.3 Å². The van der Waals surface area contributed by atoms with Gasteiger partial charge in [0.1, 0.15) is 22.3 Å². The summed E-state index contributed by atoms with van der Waals surface area (Å²) in [5, 5.41) is 17.1. The van der Waals surface area contributed by atoms with Crippen LogP contribution in [0.25, 0.3) is 0 Å². The summed E-state index contributed by atoms with van der Waals surface area (Å²) in [6, 6.07) is -2.98. The molecule has 0 aliphatic heterocycles. The number of nitrogens with two attached hydrogens (primary N) is 4. The van der Waals surface area contributed by atoms with Gasteiger partial charge < -0.3 is 42.6 Å². The SMILES string of the molecule is COC(=O)/C(=C1/C[C@H](C)C[C@@H]1N)C(F)(F)F.COC(=O)/C(=C1\C[C@H](C)C[C@@H]1N)C(F)(F)F.C[C@H]1C/C(=C(/C(=O)O)C(F)(F)F)[C@@H](N)C1.C[C@H]1C/C(=C(\C(=O)O)C(F)(F)F)[C@@H](N)C1. The molecule has 356 valence electrons. The van der Waals surface area contributed by atoms with Crippen LogP contribution in [-0.4, -0.2) is 97.2 Å². The molecule has 10 N–H and O–H groups in total. The van der Waals surface area contributed by atoms with E-state index in [2.05, 4.69) is 9.47 Å². The summed E-state index contributed by atoms with van der Waals surface area (Å²) in [6.07, 6.45) is -16.7. The van der Waals surface area contributed by atoms with Gasteiger partial charge in [0.05, 0.1) is 14.2 Å². The van der Waals surface area contributed by atoms with Crippen LogP contribution in [0.15, 0.2) is 44.6 Å². The molecule has 0 spiro atoms. The van der Waals surface area contributed by atoms with Crippen LogP contribution in [0.1, 0.15) is 79.1 Å². The molecule has 4 saturated carbocycles. The lowest BCUT2D eigenvalue weighted by Gasteiger charge is -2.15. The maximum Gasteiger partial charge on any atom is 0.423 e. The molecule has 8 atom stereocenters. The monoisotopic (exact) mass is 920 g/mol. The zero-order valence-corrected chi connectivity index (χ0v) is 34.5. The number of carbonyl (C=O) groups excluding carboxylic acids is 2. The Bertz CT molecular complexity index is 1640. The molecule has 0 aromatic carbocycles. The molecule has 4 fully saturated rings. The van der Waals surface area contributed by atoms with Crippen molar-refractivity contribution in [3.8, 4) is 0 Å². The van der Waals surface area contributed by atoms with Crippen LogP contribution in [0, 0.1) is 23.7 Å². The number of carboxylic acid groups (broad SMARTS) is 2. The third kappa shape index (κ3) is 15.6. The average molecular weight is 921 g/mol. The predicted molar refractivity (Wildman–Crippen MR) is 197 cm³/mol. The number of alkyl halides is 12. The summed E-state index contributed by atoms with van der Waals surface area (Å²) in [5.41, 5.74) is 16.3. The number of aliphatic carboxylic acids is 2. The van der Waals surface area contributed by atoms with E-state index in [1.807, 2.05) is 0 Å². The van der Waals surface area contributed by atoms with Crippen molar-refractivity contribution in [1.82, 2.24) is 0 Å². The Balaban J connectivity index is 0.000000414. The van der Waals surface area contributed by atoms with E-state index >= 15 is 0 Å². The first-order valence-corrected chi connectivity index (χ1v) is 18.9. The van der Waals surface area contributed by atoms with Gasteiger partial charge in [-0.3, -0.25) is 0 Å². The summed E-state index contributed by atoms with van der Waals surface area (Å²) < 4.78 is 159. The first-order chi connectivity index (χ1) is 28.0. The number of carbonyl (C=O) groups is 4. The Hall–Kier alpha value is -4.16. The molecule has 0 amide bonds. The van der Waals surface area contributed by atoms with E-state index in [0.717, 1.165) is 14.2 Å². The summed E-state index contributed by atoms with van der Waals surface area (Å²) in [5.74, 6) is -6.46. The van der Waals surface area contributed by atoms with Crippen molar-refractivity contribution in [2.75, 3.05) is 14.2 Å². The second-order valence-corrected chi connectivity index (χ2v) is 15.8. The van der Waals surface area contributed by atoms with Crippen molar-refractivity contribution in [3.63, 3.8) is 0 Å². The van der Waals surface area contributed by atoms with Crippen LogP contribution in [-0.2, 0) is 28.7 Å². The van der Waals surface area contributed by atoms with E-state index in [0.29, 0.717) is 25.7 Å². The number of hydrogen-bond donors (Lipinski definition) is 6. The van der Waals surface area contributed by atoms with Crippen molar-refractivity contribution in [3.05, 3.63) is 44.6 Å². The first-order valence-electron chi connectivity index (χ1n) is 18.9. The highest BCUT2D eigenvalue weighted by Gasteiger charge is 2.47. The molecular formula is C38H52F12N4O8. The van der Waals surface area contributed by atoms with Gasteiger partial charge in [-0.15, -0.1) is 0 Å². The average Bonchev–Trinajstić information content (AvgIpc) is 3.79. The number of halogens is 12. The van der Waals surface area contributed by atoms with Gasteiger partial charge in [0.2, 0.25) is 0 Å². The highest BCUT2D eigenvalue weighted by Crippen LogP contribution is 2.41. The van der Waals surface area contributed by atoms with Crippen molar-refractivity contribution in [1.29, 1.82) is 0 Å². The number of carboxylic acids is 2. The number of ether oxygens (including phenoxy) is 2. The zero-order chi connectivity index (χ0) is 48.6. The Morgan fingerprint density at radius 1 is 0.435 bits per heavy atom. The molecule has 12 nitrogen and oxygen atoms in total. The van der Waals surface area contributed by atoms with Crippen LogP contribution in [0.3, 0.4) is 0 Å². The largest absolute Gasteiger partial charge is 0.478 e. The minimum atomic E-state index is -4.83. The minimum absolute atomic E-state index is 0.00620. The topological polar surface area (TPSA) is 231 Å². The fraction of sp³-hybridized carbons (Fsp3) is 0.684. The molecular weight excluding hydrogens is 868 g/mol. The fourth-order valence-corrected chi connectivity index (χ4v) is 7.84. The molecule has 4 aliphatic carbocycles. The number of esters is 2. The normalized spacial score (nSPS) is 29.8. The highest BCUT2D eigenvalue weighted by molar-refractivity contribution is 5.92. The lowest BCUT2D eigenvalue weighted by molar-refractivity contribution is -0.150. The smallest absolute Gasteiger partial charge is 0.423 e. The molecule has 24 heteroatoms. The molecule has 4 rings (SSSR count). The van der Waals surface area contributed by atoms with Gasteiger partial charge in [0.25, 0.3) is 0 Å². The van der Waals surface area contributed by atoms with Crippen LogP contribution in [0.5, 0.6) is 0 Å². The Morgan fingerprint density at radius 3 is 0.726 bits per heavy atom. The van der Waals surface area contributed by atoms with Gasteiger partial charge in [-0.1, -0.05) is 27.7 Å². The first kappa shape index (κ1) is 55.9. The van der Waals surface area contributed by atoms with E-state index in [1.54, 1.807) is 27.7 Å². The number of hydrogen-bond acceptors (Lipinski definition) is 10. The van der Waals surface area contributed by atoms with Crippen molar-refractivity contribution in [2.24, 2.45) is 46.6 Å². The molecule has 0 heterocycles. The Morgan fingerprint density at radius 2 is 0.613 bits per heavy atom. The molecule has 0 aromatic heterocycles. The minimum Gasteiger partial charge on any atom is -0.478 e. The highest BCUT2D eigenvalue weighted by atomic mass is 19.4. The van der Waals surface area contributed by atoms with Crippen LogP contribution in [0.2, 0.25) is 0 Å². The van der Waals surface area contributed by atoms with E-state index in [4.69, 9.17) is 33.1 Å². The lowest BCUT2D eigenvalue weighted by Crippen LogP contribution is -2.28. The zero-order valence-electron chi connectivity index (χ0n) is 34.5. The van der Waals surface area contributed by atoms with E-state index in [1.165, 1.54) is 0 Å². The fourth-order valence-electron chi connectivity index (χ4n) is 7.84. The van der Waals surface area contributed by atoms with Gasteiger partial charge in [0, 0.05) is 24.2 Å². The summed E-state index contributed by atoms with van der Waals surface area (Å²) in [7, 11) is 1.86. The van der Waals surface area contributed by atoms with E-state index in [-0.39, 0.29) is 71.6 Å². The molecule has 4 aliphatic rings. The van der Waals surface area contributed by atoms with Gasteiger partial charge in [-0.25, -0.2) is 19.2 Å². The number of methoxy groups -OCH3 is 2. The molecule has 0 unspecified atom stereocenters. The molecule has 0 radical (unpaired) electrons. The summed E-state index contributed by atoms with van der Waals surface area (Å²) >= 11 is 0. The maximum atomic E-state index is 12.7. The van der Waals surface area contributed by atoms with Crippen molar-refractivity contribution in [2.45, 2.75) is 128 Å². The second kappa shape index (κ2) is 22.0. The molecule has 0 saturated heterocycles. The van der Waals surface area contributed by atoms with E-state index in [9.17, 15) is 71.9 Å². The van der Waals surface area contributed by atoms with E-state index < -0.39 is 95.0 Å². The van der Waals surface area contributed by atoms with Crippen LogP contribution in [0.4, 0.5) is 52.7 Å². The van der Waals surface area contributed by atoms with Crippen LogP contribution < -0.4 is 22.9 Å². The number of rotatable bonds is 4. The summed E-state index contributed by atoms with van der Waals surface area (Å²) in [6.45, 7) is 7.11. The molecule has 62 heavy (non-hydrogen) atoms. The Kier molecular flexibility index (Phi) is 19.8. The molecule has 0 aromatic rings. The lowest BCUT2D eigenvalue weighted by atomic mass is 10.0. The third-order valence-corrected chi connectivity index (χ3v) is 10.3.